The lowest BCUT2D eigenvalue weighted by molar-refractivity contribution is -0.141. The number of aromatic nitrogens is 2. The molecule has 0 bridgehead atoms. The van der Waals surface area contributed by atoms with E-state index in [4.69, 9.17) is 0 Å². The lowest BCUT2D eigenvalue weighted by atomic mass is 10.1. The van der Waals surface area contributed by atoms with Gasteiger partial charge in [0.1, 0.15) is 0 Å². The molecule has 2 aromatic rings. The van der Waals surface area contributed by atoms with Crippen LogP contribution in [-0.2, 0) is 6.18 Å². The summed E-state index contributed by atoms with van der Waals surface area (Å²) in [5.41, 5.74) is 0.0260. The number of benzene rings is 1. The number of anilines is 1. The van der Waals surface area contributed by atoms with Gasteiger partial charge in [0, 0.05) is 31.7 Å². The first-order chi connectivity index (χ1) is 10.5. The normalized spacial score (nSPS) is 14.5. The summed E-state index contributed by atoms with van der Waals surface area (Å²) in [6.45, 7) is 2.60. The average molecular weight is 381 g/mol. The molecule has 0 spiro atoms. The summed E-state index contributed by atoms with van der Waals surface area (Å²) in [4.78, 5) is 9.82. The van der Waals surface area contributed by atoms with E-state index in [1.807, 2.05) is 6.07 Å². The molecular weight excluding hydrogens is 364 g/mol. The molecule has 1 aliphatic heterocycles. The molecule has 1 aromatic carbocycles. The SMILES string of the molecule is Cl.Cl.FC(F)(F)c1cc(-c2ccccc2)nc(N2CCNCC2)n1. The molecule has 24 heavy (non-hydrogen) atoms. The molecule has 3 rings (SSSR count). The van der Waals surface area contributed by atoms with Crippen molar-refractivity contribution >= 4 is 30.8 Å². The number of nitrogens with one attached hydrogen (secondary N) is 1. The molecule has 0 amide bonds. The highest BCUT2D eigenvalue weighted by Gasteiger charge is 2.34. The molecule has 1 saturated heterocycles. The number of rotatable bonds is 2. The summed E-state index contributed by atoms with van der Waals surface area (Å²) in [7, 11) is 0. The molecule has 1 N–H and O–H groups in total. The summed E-state index contributed by atoms with van der Waals surface area (Å²) in [5.74, 6) is 0.134. The second-order valence-corrected chi connectivity index (χ2v) is 5.04. The van der Waals surface area contributed by atoms with Crippen LogP contribution in [0.1, 0.15) is 5.69 Å². The monoisotopic (exact) mass is 380 g/mol. The van der Waals surface area contributed by atoms with Crippen LogP contribution >= 0.6 is 24.8 Å². The number of hydrogen-bond donors (Lipinski definition) is 1. The second kappa shape index (κ2) is 8.50. The Morgan fingerprint density at radius 1 is 0.958 bits per heavy atom. The fraction of sp³-hybridized carbons (Fsp3) is 0.333. The van der Waals surface area contributed by atoms with Gasteiger partial charge in [-0.15, -0.1) is 24.8 Å². The molecule has 4 nitrogen and oxygen atoms in total. The predicted molar refractivity (Wildman–Crippen MR) is 92.0 cm³/mol. The zero-order valence-electron chi connectivity index (χ0n) is 12.6. The third-order valence-electron chi connectivity index (χ3n) is 3.47. The first-order valence-electron chi connectivity index (χ1n) is 7.01. The largest absolute Gasteiger partial charge is 0.433 e. The molecule has 0 saturated carbocycles. The average Bonchev–Trinajstić information content (AvgIpc) is 2.55. The van der Waals surface area contributed by atoms with Gasteiger partial charge in [-0.05, 0) is 6.07 Å². The van der Waals surface area contributed by atoms with Gasteiger partial charge < -0.3 is 10.2 Å². The molecule has 0 aliphatic carbocycles. The van der Waals surface area contributed by atoms with Gasteiger partial charge in [0.05, 0.1) is 5.69 Å². The number of hydrogen-bond acceptors (Lipinski definition) is 4. The highest BCUT2D eigenvalue weighted by Crippen LogP contribution is 2.31. The molecule has 1 fully saturated rings. The highest BCUT2D eigenvalue weighted by molar-refractivity contribution is 5.85. The number of alkyl halides is 3. The van der Waals surface area contributed by atoms with Crippen LogP contribution in [0.25, 0.3) is 11.3 Å². The van der Waals surface area contributed by atoms with Crippen LogP contribution in [-0.4, -0.2) is 36.1 Å². The summed E-state index contributed by atoms with van der Waals surface area (Å²) in [6.07, 6.45) is -4.49. The van der Waals surface area contributed by atoms with Gasteiger partial charge in [0.15, 0.2) is 5.69 Å². The van der Waals surface area contributed by atoms with E-state index in [1.165, 1.54) is 0 Å². The fourth-order valence-corrected chi connectivity index (χ4v) is 2.34. The van der Waals surface area contributed by atoms with Crippen molar-refractivity contribution < 1.29 is 13.2 Å². The van der Waals surface area contributed by atoms with E-state index < -0.39 is 11.9 Å². The first kappa shape index (κ1) is 20.5. The Bertz CT molecular complexity index is 647. The van der Waals surface area contributed by atoms with E-state index in [0.717, 1.165) is 6.07 Å². The van der Waals surface area contributed by atoms with Crippen molar-refractivity contribution in [3.8, 4) is 11.3 Å². The minimum absolute atomic E-state index is 0. The van der Waals surface area contributed by atoms with Crippen molar-refractivity contribution in [3.05, 3.63) is 42.1 Å². The van der Waals surface area contributed by atoms with Crippen LogP contribution in [0.5, 0.6) is 0 Å². The van der Waals surface area contributed by atoms with Gasteiger partial charge in [-0.2, -0.15) is 13.2 Å². The molecule has 0 unspecified atom stereocenters. The molecule has 0 radical (unpaired) electrons. The minimum atomic E-state index is -4.49. The van der Waals surface area contributed by atoms with E-state index in [2.05, 4.69) is 15.3 Å². The van der Waals surface area contributed by atoms with Gasteiger partial charge in [0.25, 0.3) is 0 Å². The van der Waals surface area contributed by atoms with E-state index in [9.17, 15) is 13.2 Å². The Morgan fingerprint density at radius 2 is 1.58 bits per heavy atom. The summed E-state index contributed by atoms with van der Waals surface area (Å²) >= 11 is 0. The Kier molecular flexibility index (Phi) is 7.26. The van der Waals surface area contributed by atoms with E-state index >= 15 is 0 Å². The Labute approximate surface area is 150 Å². The van der Waals surface area contributed by atoms with Crippen molar-refractivity contribution in [1.29, 1.82) is 0 Å². The van der Waals surface area contributed by atoms with Gasteiger partial charge >= 0.3 is 6.18 Å². The predicted octanol–water partition coefficient (Wildman–Crippen LogP) is 3.42. The zero-order chi connectivity index (χ0) is 15.6. The molecule has 132 valence electrons. The Balaban J connectivity index is 0.00000144. The molecule has 1 aromatic heterocycles. The third-order valence-corrected chi connectivity index (χ3v) is 3.47. The smallest absolute Gasteiger partial charge is 0.338 e. The van der Waals surface area contributed by atoms with Crippen LogP contribution in [0.3, 0.4) is 0 Å². The summed E-state index contributed by atoms with van der Waals surface area (Å²) < 4.78 is 39.3. The van der Waals surface area contributed by atoms with E-state index in [0.29, 0.717) is 31.7 Å². The third kappa shape index (κ3) is 4.72. The Hall–Kier alpha value is -1.57. The number of nitrogens with zero attached hydrogens (tertiary/aromatic N) is 3. The van der Waals surface area contributed by atoms with Crippen molar-refractivity contribution in [2.24, 2.45) is 0 Å². The van der Waals surface area contributed by atoms with Crippen LogP contribution in [0.2, 0.25) is 0 Å². The number of piperazine rings is 1. The van der Waals surface area contributed by atoms with Crippen molar-refractivity contribution in [1.82, 2.24) is 15.3 Å². The maximum atomic E-state index is 13.1. The van der Waals surface area contributed by atoms with Crippen molar-refractivity contribution in [3.63, 3.8) is 0 Å². The van der Waals surface area contributed by atoms with Gasteiger partial charge in [-0.3, -0.25) is 0 Å². The molecular formula is C15H17Cl2F3N4. The molecule has 2 heterocycles. The van der Waals surface area contributed by atoms with Crippen LogP contribution in [0.4, 0.5) is 19.1 Å². The van der Waals surface area contributed by atoms with Crippen LogP contribution < -0.4 is 10.2 Å². The van der Waals surface area contributed by atoms with Gasteiger partial charge in [-0.25, -0.2) is 9.97 Å². The molecule has 1 aliphatic rings. The van der Waals surface area contributed by atoms with Crippen molar-refractivity contribution in [2.45, 2.75) is 6.18 Å². The molecule has 9 heteroatoms. The first-order valence-corrected chi connectivity index (χ1v) is 7.01. The van der Waals surface area contributed by atoms with E-state index in [1.54, 1.807) is 29.2 Å². The van der Waals surface area contributed by atoms with Crippen molar-refractivity contribution in [2.75, 3.05) is 31.1 Å². The van der Waals surface area contributed by atoms with E-state index in [-0.39, 0.29) is 36.5 Å². The Morgan fingerprint density at radius 3 is 2.17 bits per heavy atom. The summed E-state index contributed by atoms with van der Waals surface area (Å²) in [5, 5.41) is 3.16. The fourth-order valence-electron chi connectivity index (χ4n) is 2.34. The minimum Gasteiger partial charge on any atom is -0.338 e. The quantitative estimate of drug-likeness (QED) is 0.866. The number of halogens is 5. The summed E-state index contributed by atoms with van der Waals surface area (Å²) in [6, 6.07) is 9.84. The van der Waals surface area contributed by atoms with Crippen LogP contribution in [0, 0.1) is 0 Å². The van der Waals surface area contributed by atoms with Gasteiger partial charge in [0.2, 0.25) is 5.95 Å². The zero-order valence-corrected chi connectivity index (χ0v) is 14.2. The standard InChI is InChI=1S/C15H15F3N4.2ClH/c16-15(17,18)13-10-12(11-4-2-1-3-5-11)20-14(21-13)22-8-6-19-7-9-22;;/h1-5,10,19H,6-9H2;2*1H. The topological polar surface area (TPSA) is 41.1 Å². The lowest BCUT2D eigenvalue weighted by Crippen LogP contribution is -2.44. The highest BCUT2D eigenvalue weighted by atomic mass is 35.5. The molecule has 0 atom stereocenters. The van der Waals surface area contributed by atoms with Gasteiger partial charge in [-0.1, -0.05) is 30.3 Å². The lowest BCUT2D eigenvalue weighted by Gasteiger charge is -2.28. The second-order valence-electron chi connectivity index (χ2n) is 5.04. The maximum absolute atomic E-state index is 13.1. The maximum Gasteiger partial charge on any atom is 0.433 e. The van der Waals surface area contributed by atoms with Crippen LogP contribution in [0.15, 0.2) is 36.4 Å².